The summed E-state index contributed by atoms with van der Waals surface area (Å²) in [6.45, 7) is 14.1. The standard InChI is InChI=1S/C20H33IO2/c1-7-22-20(12-19(14(2)3)15(4)5)23-18-10-8-17(9-11-18)16(6)13-21/h8-11,14-16,19-20H,7,12-13H2,1-6H3. The Bertz CT molecular complexity index is 420. The minimum Gasteiger partial charge on any atom is -0.465 e. The van der Waals surface area contributed by atoms with E-state index in [-0.39, 0.29) is 6.29 Å². The predicted molar refractivity (Wildman–Crippen MR) is 108 cm³/mol. The molecule has 0 radical (unpaired) electrons. The third-order valence-electron chi connectivity index (χ3n) is 4.48. The van der Waals surface area contributed by atoms with Crippen LogP contribution in [0.4, 0.5) is 0 Å². The highest BCUT2D eigenvalue weighted by Crippen LogP contribution is 2.28. The van der Waals surface area contributed by atoms with Gasteiger partial charge in [-0.05, 0) is 48.3 Å². The Morgan fingerprint density at radius 3 is 1.96 bits per heavy atom. The molecule has 0 saturated carbocycles. The summed E-state index contributed by atoms with van der Waals surface area (Å²) in [7, 11) is 0. The van der Waals surface area contributed by atoms with Crippen molar-refractivity contribution in [1.82, 2.24) is 0 Å². The molecule has 3 heteroatoms. The summed E-state index contributed by atoms with van der Waals surface area (Å²) in [4.78, 5) is 0. The third-order valence-corrected chi connectivity index (χ3v) is 5.80. The summed E-state index contributed by atoms with van der Waals surface area (Å²) in [5.74, 6) is 3.35. The summed E-state index contributed by atoms with van der Waals surface area (Å²) in [6.07, 6.45) is 0.775. The van der Waals surface area contributed by atoms with Gasteiger partial charge >= 0.3 is 0 Å². The van der Waals surface area contributed by atoms with Crippen molar-refractivity contribution in [2.75, 3.05) is 11.0 Å². The van der Waals surface area contributed by atoms with Crippen LogP contribution in [0.3, 0.4) is 0 Å². The molecule has 0 N–H and O–H groups in total. The van der Waals surface area contributed by atoms with Gasteiger partial charge in [-0.2, -0.15) is 0 Å². The van der Waals surface area contributed by atoms with E-state index in [1.54, 1.807) is 0 Å². The van der Waals surface area contributed by atoms with Gasteiger partial charge in [-0.3, -0.25) is 0 Å². The summed E-state index contributed by atoms with van der Waals surface area (Å²) in [5.41, 5.74) is 1.36. The molecule has 2 unspecified atom stereocenters. The van der Waals surface area contributed by atoms with Crippen LogP contribution in [0.1, 0.15) is 59.4 Å². The Labute approximate surface area is 156 Å². The van der Waals surface area contributed by atoms with E-state index in [9.17, 15) is 0 Å². The zero-order chi connectivity index (χ0) is 17.4. The molecule has 1 rings (SSSR count). The third kappa shape index (κ3) is 7.00. The minimum absolute atomic E-state index is 0.164. The topological polar surface area (TPSA) is 18.5 Å². The zero-order valence-electron chi connectivity index (χ0n) is 15.5. The Balaban J connectivity index is 2.75. The van der Waals surface area contributed by atoms with E-state index in [4.69, 9.17) is 9.47 Å². The zero-order valence-corrected chi connectivity index (χ0v) is 17.7. The van der Waals surface area contributed by atoms with Crippen LogP contribution in [0.5, 0.6) is 5.75 Å². The first-order valence-electron chi connectivity index (χ1n) is 8.83. The van der Waals surface area contributed by atoms with Crippen molar-refractivity contribution in [1.29, 1.82) is 0 Å². The molecule has 2 nitrogen and oxygen atoms in total. The molecule has 23 heavy (non-hydrogen) atoms. The van der Waals surface area contributed by atoms with Gasteiger partial charge < -0.3 is 9.47 Å². The fourth-order valence-corrected chi connectivity index (χ4v) is 3.50. The van der Waals surface area contributed by atoms with Gasteiger partial charge in [0.15, 0.2) is 6.29 Å². The molecule has 0 aliphatic carbocycles. The van der Waals surface area contributed by atoms with Crippen LogP contribution in [-0.4, -0.2) is 17.3 Å². The summed E-state index contributed by atoms with van der Waals surface area (Å²) >= 11 is 2.43. The number of ether oxygens (including phenoxy) is 2. The van der Waals surface area contributed by atoms with E-state index in [2.05, 4.69) is 81.5 Å². The minimum atomic E-state index is -0.164. The van der Waals surface area contributed by atoms with Gasteiger partial charge in [0.1, 0.15) is 5.75 Å². The molecule has 0 heterocycles. The Morgan fingerprint density at radius 1 is 0.957 bits per heavy atom. The van der Waals surface area contributed by atoms with Crippen LogP contribution >= 0.6 is 22.6 Å². The van der Waals surface area contributed by atoms with Crippen LogP contribution in [0.25, 0.3) is 0 Å². The molecule has 0 bridgehead atoms. The number of hydrogen-bond donors (Lipinski definition) is 0. The van der Waals surface area contributed by atoms with Crippen molar-refractivity contribution < 1.29 is 9.47 Å². The largest absolute Gasteiger partial charge is 0.465 e. The van der Waals surface area contributed by atoms with Crippen molar-refractivity contribution in [3.63, 3.8) is 0 Å². The first-order chi connectivity index (χ1) is 10.9. The second kappa shape index (κ2) is 10.5. The maximum Gasteiger partial charge on any atom is 0.200 e. The second-order valence-corrected chi connectivity index (χ2v) is 7.90. The SMILES string of the molecule is CCOC(CC(C(C)C)C(C)C)Oc1ccc(C(C)CI)cc1. The van der Waals surface area contributed by atoms with E-state index in [1.165, 1.54) is 5.56 Å². The van der Waals surface area contributed by atoms with Crippen LogP contribution in [0.15, 0.2) is 24.3 Å². The van der Waals surface area contributed by atoms with E-state index < -0.39 is 0 Å². The maximum atomic E-state index is 6.13. The molecule has 1 aromatic carbocycles. The van der Waals surface area contributed by atoms with Gasteiger partial charge in [0.25, 0.3) is 0 Å². The molecule has 0 aromatic heterocycles. The van der Waals surface area contributed by atoms with Crippen LogP contribution in [-0.2, 0) is 4.74 Å². The fourth-order valence-electron chi connectivity index (χ4n) is 2.99. The van der Waals surface area contributed by atoms with Gasteiger partial charge in [-0.25, -0.2) is 0 Å². The van der Waals surface area contributed by atoms with E-state index in [1.807, 2.05) is 6.92 Å². The molecule has 0 amide bonds. The average Bonchev–Trinajstić information content (AvgIpc) is 2.52. The molecular formula is C20H33IO2. The van der Waals surface area contributed by atoms with Gasteiger partial charge in [-0.15, -0.1) is 0 Å². The molecule has 0 fully saturated rings. The van der Waals surface area contributed by atoms with Gasteiger partial charge in [0.05, 0.1) is 0 Å². The number of benzene rings is 1. The van der Waals surface area contributed by atoms with E-state index in [0.29, 0.717) is 30.3 Å². The van der Waals surface area contributed by atoms with Crippen LogP contribution in [0.2, 0.25) is 0 Å². The van der Waals surface area contributed by atoms with Gasteiger partial charge in [0, 0.05) is 17.5 Å². The predicted octanol–water partition coefficient (Wildman–Crippen LogP) is 6.28. The first-order valence-corrected chi connectivity index (χ1v) is 10.4. The lowest BCUT2D eigenvalue weighted by molar-refractivity contribution is -0.0948. The van der Waals surface area contributed by atoms with Crippen LogP contribution < -0.4 is 4.74 Å². The average molecular weight is 432 g/mol. The van der Waals surface area contributed by atoms with Gasteiger partial charge in [-0.1, -0.05) is 69.3 Å². The Morgan fingerprint density at radius 2 is 1.52 bits per heavy atom. The second-order valence-electron chi connectivity index (χ2n) is 7.01. The number of rotatable bonds is 10. The first kappa shape index (κ1) is 20.8. The smallest absolute Gasteiger partial charge is 0.200 e. The molecule has 2 atom stereocenters. The van der Waals surface area contributed by atoms with Crippen LogP contribution in [0, 0.1) is 17.8 Å². The molecule has 1 aromatic rings. The van der Waals surface area contributed by atoms with Crippen molar-refractivity contribution in [3.8, 4) is 5.75 Å². The molecule has 0 spiro atoms. The highest BCUT2D eigenvalue weighted by molar-refractivity contribution is 14.1. The lowest BCUT2D eigenvalue weighted by Crippen LogP contribution is -2.28. The quantitative estimate of drug-likeness (QED) is 0.246. The van der Waals surface area contributed by atoms with Crippen molar-refractivity contribution in [3.05, 3.63) is 29.8 Å². The Hall–Kier alpha value is -0.290. The number of hydrogen-bond acceptors (Lipinski definition) is 2. The Kier molecular flexibility index (Phi) is 9.52. The maximum absolute atomic E-state index is 6.13. The van der Waals surface area contributed by atoms with Crippen molar-refractivity contribution in [2.24, 2.45) is 17.8 Å². The molecule has 0 aliphatic heterocycles. The van der Waals surface area contributed by atoms with Gasteiger partial charge in [0.2, 0.25) is 0 Å². The van der Waals surface area contributed by atoms with E-state index in [0.717, 1.165) is 16.6 Å². The highest BCUT2D eigenvalue weighted by atomic mass is 127. The van der Waals surface area contributed by atoms with E-state index >= 15 is 0 Å². The molecular weight excluding hydrogens is 399 g/mol. The molecule has 0 aliphatic rings. The monoisotopic (exact) mass is 432 g/mol. The molecule has 132 valence electrons. The summed E-state index contributed by atoms with van der Waals surface area (Å²) in [6, 6.07) is 8.49. The normalized spacial score (nSPS) is 14.5. The summed E-state index contributed by atoms with van der Waals surface area (Å²) < 4.78 is 13.1. The summed E-state index contributed by atoms with van der Waals surface area (Å²) in [5, 5.41) is 0. The fraction of sp³-hybridized carbons (Fsp3) is 0.700. The highest BCUT2D eigenvalue weighted by Gasteiger charge is 2.23. The number of halogens is 1. The number of alkyl halides is 1. The van der Waals surface area contributed by atoms with Crippen molar-refractivity contribution in [2.45, 2.75) is 60.2 Å². The lowest BCUT2D eigenvalue weighted by atomic mass is 9.83. The lowest BCUT2D eigenvalue weighted by Gasteiger charge is -2.29. The van der Waals surface area contributed by atoms with Crippen molar-refractivity contribution >= 4 is 22.6 Å². The molecule has 0 saturated heterocycles.